The molecule has 9 heteroatoms. The number of hydrogen-bond donors (Lipinski definition) is 0. The molecule has 5 rings (SSSR count). The first-order chi connectivity index (χ1) is 17.0. The molecule has 8 nitrogen and oxygen atoms in total. The number of hydrogen-bond acceptors (Lipinski definition) is 8. The highest BCUT2D eigenvalue weighted by atomic mass is 32.1. The molecule has 1 amide bonds. The molecule has 4 aromatic rings. The zero-order chi connectivity index (χ0) is 24.4. The minimum absolute atomic E-state index is 0.178. The van der Waals surface area contributed by atoms with E-state index in [1.54, 1.807) is 11.3 Å². The first-order valence-electron chi connectivity index (χ1n) is 11.8. The summed E-state index contributed by atoms with van der Waals surface area (Å²) in [6.07, 6.45) is 2.89. The van der Waals surface area contributed by atoms with E-state index in [0.29, 0.717) is 42.2 Å². The maximum Gasteiger partial charge on any atom is 0.257 e. The summed E-state index contributed by atoms with van der Waals surface area (Å²) in [7, 11) is 0. The van der Waals surface area contributed by atoms with Crippen molar-refractivity contribution in [2.75, 3.05) is 6.54 Å². The highest BCUT2D eigenvalue weighted by Gasteiger charge is 2.24. The van der Waals surface area contributed by atoms with Gasteiger partial charge in [-0.1, -0.05) is 43.3 Å². The number of aromatic nitrogens is 4. The van der Waals surface area contributed by atoms with E-state index in [9.17, 15) is 4.79 Å². The maximum atomic E-state index is 12.5. The smallest absolute Gasteiger partial charge is 0.257 e. The number of nitrogens with zero attached hydrogens (tertiary/aromatic N) is 5. The Morgan fingerprint density at radius 2 is 1.94 bits per heavy atom. The van der Waals surface area contributed by atoms with Gasteiger partial charge in [-0.25, -0.2) is 0 Å². The second-order valence-corrected chi connectivity index (χ2v) is 10.2. The van der Waals surface area contributed by atoms with Crippen LogP contribution in [0.2, 0.25) is 0 Å². The lowest BCUT2D eigenvalue weighted by Gasteiger charge is -2.31. The second-order valence-electron chi connectivity index (χ2n) is 9.21. The standard InChI is InChI=1S/C26H27N5O3S/c1-16(2)25-29-30-26(35-25)18-7-9-21(10-8-18)33-22-12-19(24-27-15-28-34-24)5-6-20(22)14-31-13-17(3)4-11-23(31)32/h5-10,12,15-17H,4,11,13-14H2,1-3H3. The lowest BCUT2D eigenvalue weighted by Crippen LogP contribution is -2.38. The Balaban J connectivity index is 1.41. The second kappa shape index (κ2) is 9.95. The first kappa shape index (κ1) is 23.2. The number of piperidine rings is 1. The molecule has 3 heterocycles. The third-order valence-electron chi connectivity index (χ3n) is 6.04. The van der Waals surface area contributed by atoms with E-state index in [1.165, 1.54) is 6.33 Å². The van der Waals surface area contributed by atoms with Crippen LogP contribution in [0.25, 0.3) is 22.0 Å². The molecule has 0 radical (unpaired) electrons. The van der Waals surface area contributed by atoms with E-state index in [0.717, 1.165) is 39.7 Å². The van der Waals surface area contributed by atoms with Crippen LogP contribution in [0.4, 0.5) is 0 Å². The Bertz CT molecular complexity index is 1300. The van der Waals surface area contributed by atoms with Crippen LogP contribution in [-0.2, 0) is 11.3 Å². The lowest BCUT2D eigenvalue weighted by molar-refractivity contribution is -0.135. The van der Waals surface area contributed by atoms with Crippen molar-refractivity contribution in [1.82, 2.24) is 25.2 Å². The summed E-state index contributed by atoms with van der Waals surface area (Å²) >= 11 is 1.60. The van der Waals surface area contributed by atoms with Crippen LogP contribution in [0.1, 0.15) is 50.1 Å². The van der Waals surface area contributed by atoms with Crippen LogP contribution in [0.15, 0.2) is 53.3 Å². The SMILES string of the molecule is CC1CCC(=O)N(Cc2ccc(-c3ncno3)cc2Oc2ccc(-c3nnc(C(C)C)s3)cc2)C1. The van der Waals surface area contributed by atoms with Crippen LogP contribution in [0.5, 0.6) is 11.5 Å². The molecule has 2 aromatic heterocycles. The van der Waals surface area contributed by atoms with Gasteiger partial charge in [-0.3, -0.25) is 4.79 Å². The molecule has 0 N–H and O–H groups in total. The fourth-order valence-electron chi connectivity index (χ4n) is 4.05. The minimum atomic E-state index is 0.178. The van der Waals surface area contributed by atoms with Crippen LogP contribution in [0, 0.1) is 5.92 Å². The summed E-state index contributed by atoms with van der Waals surface area (Å²) in [6.45, 7) is 7.64. The number of amides is 1. The predicted octanol–water partition coefficient (Wildman–Crippen LogP) is 5.93. The van der Waals surface area contributed by atoms with E-state index >= 15 is 0 Å². The van der Waals surface area contributed by atoms with E-state index < -0.39 is 0 Å². The summed E-state index contributed by atoms with van der Waals surface area (Å²) in [5.41, 5.74) is 2.67. The van der Waals surface area contributed by atoms with E-state index in [1.807, 2.05) is 47.4 Å². The molecular weight excluding hydrogens is 462 g/mol. The molecule has 0 spiro atoms. The van der Waals surface area contributed by atoms with Gasteiger partial charge < -0.3 is 14.2 Å². The predicted molar refractivity (Wildman–Crippen MR) is 133 cm³/mol. The van der Waals surface area contributed by atoms with Gasteiger partial charge in [0, 0.05) is 42.1 Å². The van der Waals surface area contributed by atoms with Gasteiger partial charge in [-0.15, -0.1) is 10.2 Å². The van der Waals surface area contributed by atoms with Crippen LogP contribution >= 0.6 is 11.3 Å². The van der Waals surface area contributed by atoms with Crippen molar-refractivity contribution in [3.8, 4) is 33.5 Å². The number of carbonyl (C=O) groups is 1. The van der Waals surface area contributed by atoms with Crippen molar-refractivity contribution >= 4 is 17.2 Å². The fraction of sp³-hybridized carbons (Fsp3) is 0.346. The van der Waals surface area contributed by atoms with E-state index in [4.69, 9.17) is 9.26 Å². The zero-order valence-corrected chi connectivity index (χ0v) is 20.8. The number of likely N-dealkylation sites (tertiary alicyclic amines) is 1. The number of rotatable bonds is 7. The maximum absolute atomic E-state index is 12.5. The average molecular weight is 490 g/mol. The molecule has 0 saturated carbocycles. The summed E-state index contributed by atoms with van der Waals surface area (Å²) in [5, 5.41) is 14.2. The van der Waals surface area contributed by atoms with Gasteiger partial charge >= 0.3 is 0 Å². The molecule has 1 saturated heterocycles. The third-order valence-corrected chi connectivity index (χ3v) is 7.31. The first-order valence-corrected chi connectivity index (χ1v) is 12.6. The number of benzene rings is 2. The Morgan fingerprint density at radius 1 is 1.14 bits per heavy atom. The summed E-state index contributed by atoms with van der Waals surface area (Å²) < 4.78 is 11.6. The highest BCUT2D eigenvalue weighted by Crippen LogP contribution is 2.34. The van der Waals surface area contributed by atoms with Gasteiger partial charge in [-0.2, -0.15) is 4.98 Å². The molecule has 1 atom stereocenters. The number of ether oxygens (including phenoxy) is 1. The fourth-order valence-corrected chi connectivity index (χ4v) is 4.90. The van der Waals surface area contributed by atoms with Gasteiger partial charge in [0.25, 0.3) is 5.89 Å². The average Bonchev–Trinajstić information content (AvgIpc) is 3.56. The highest BCUT2D eigenvalue weighted by molar-refractivity contribution is 7.14. The molecule has 2 aromatic carbocycles. The van der Waals surface area contributed by atoms with Gasteiger partial charge in [0.05, 0.1) is 0 Å². The summed E-state index contributed by atoms with van der Waals surface area (Å²) in [6, 6.07) is 13.6. The Hall–Kier alpha value is -3.59. The normalized spacial score (nSPS) is 16.2. The van der Waals surface area contributed by atoms with Gasteiger partial charge in [-0.05, 0) is 48.7 Å². The quantitative estimate of drug-likeness (QED) is 0.317. The molecule has 1 aliphatic heterocycles. The van der Waals surface area contributed by atoms with E-state index in [2.05, 4.69) is 41.1 Å². The molecule has 1 unspecified atom stereocenters. The van der Waals surface area contributed by atoms with Crippen LogP contribution < -0.4 is 4.74 Å². The third kappa shape index (κ3) is 5.24. The summed E-state index contributed by atoms with van der Waals surface area (Å²) in [5.74, 6) is 2.76. The van der Waals surface area contributed by atoms with Crippen molar-refractivity contribution in [2.24, 2.45) is 5.92 Å². The molecular formula is C26H27N5O3S. The molecule has 0 bridgehead atoms. The molecule has 180 valence electrons. The summed E-state index contributed by atoms with van der Waals surface area (Å²) in [4.78, 5) is 18.6. The molecule has 35 heavy (non-hydrogen) atoms. The number of carbonyl (C=O) groups excluding carboxylic acids is 1. The van der Waals surface area contributed by atoms with Gasteiger partial charge in [0.2, 0.25) is 5.91 Å². The Labute approximate surface area is 208 Å². The van der Waals surface area contributed by atoms with Crippen molar-refractivity contribution in [3.05, 3.63) is 59.4 Å². The van der Waals surface area contributed by atoms with Gasteiger partial charge in [0.15, 0.2) is 6.33 Å². The minimum Gasteiger partial charge on any atom is -0.457 e. The topological polar surface area (TPSA) is 94.2 Å². The van der Waals surface area contributed by atoms with Crippen molar-refractivity contribution in [1.29, 1.82) is 0 Å². The lowest BCUT2D eigenvalue weighted by atomic mass is 9.99. The van der Waals surface area contributed by atoms with Crippen molar-refractivity contribution in [3.63, 3.8) is 0 Å². The van der Waals surface area contributed by atoms with Gasteiger partial charge in [0.1, 0.15) is 21.5 Å². The zero-order valence-electron chi connectivity index (χ0n) is 20.0. The Morgan fingerprint density at radius 3 is 2.66 bits per heavy atom. The van der Waals surface area contributed by atoms with Crippen LogP contribution in [0.3, 0.4) is 0 Å². The largest absolute Gasteiger partial charge is 0.457 e. The van der Waals surface area contributed by atoms with Crippen LogP contribution in [-0.4, -0.2) is 37.7 Å². The van der Waals surface area contributed by atoms with Crippen molar-refractivity contribution < 1.29 is 14.1 Å². The monoisotopic (exact) mass is 489 g/mol. The molecule has 1 fully saturated rings. The molecule has 1 aliphatic rings. The Kier molecular flexibility index (Phi) is 6.59. The van der Waals surface area contributed by atoms with E-state index in [-0.39, 0.29) is 5.91 Å². The molecule has 0 aliphatic carbocycles. The van der Waals surface area contributed by atoms with Crippen molar-refractivity contribution in [2.45, 2.75) is 46.1 Å².